The number of amides is 1. The quantitative estimate of drug-likeness (QED) is 0.864. The van der Waals surface area contributed by atoms with E-state index in [0.717, 1.165) is 0 Å². The lowest BCUT2D eigenvalue weighted by atomic mass is 9.88. The van der Waals surface area contributed by atoms with Gasteiger partial charge in [0, 0.05) is 23.7 Å². The predicted molar refractivity (Wildman–Crippen MR) is 70.7 cm³/mol. The zero-order valence-electron chi connectivity index (χ0n) is 11.4. The first kappa shape index (κ1) is 14.6. The number of rotatable bonds is 4. The standard InChI is InChI=1S/C14H21FN2O/c1-9(14(2,3)4)17-8-11-7-10(13(16)18)5-6-12(11)15/h5-7,9,17H,8H2,1-4H3,(H2,16,18). The van der Waals surface area contributed by atoms with Gasteiger partial charge >= 0.3 is 0 Å². The lowest BCUT2D eigenvalue weighted by Gasteiger charge is -2.28. The maximum absolute atomic E-state index is 13.6. The van der Waals surface area contributed by atoms with Crippen molar-refractivity contribution in [1.29, 1.82) is 0 Å². The van der Waals surface area contributed by atoms with E-state index in [2.05, 4.69) is 33.0 Å². The summed E-state index contributed by atoms with van der Waals surface area (Å²) >= 11 is 0. The third-order valence-corrected chi connectivity index (χ3v) is 3.23. The maximum atomic E-state index is 13.6. The molecule has 0 aliphatic heterocycles. The van der Waals surface area contributed by atoms with Gasteiger partial charge in [-0.15, -0.1) is 0 Å². The number of primary amides is 1. The highest BCUT2D eigenvalue weighted by Crippen LogP contribution is 2.19. The molecule has 1 unspecified atom stereocenters. The number of hydrogen-bond acceptors (Lipinski definition) is 2. The third kappa shape index (κ3) is 3.81. The van der Waals surface area contributed by atoms with Gasteiger partial charge in [-0.3, -0.25) is 4.79 Å². The number of nitrogens with two attached hydrogens (primary N) is 1. The van der Waals surface area contributed by atoms with Crippen molar-refractivity contribution in [2.45, 2.75) is 40.3 Å². The van der Waals surface area contributed by atoms with Crippen LogP contribution in [0.15, 0.2) is 18.2 Å². The van der Waals surface area contributed by atoms with Crippen molar-refractivity contribution in [3.63, 3.8) is 0 Å². The van der Waals surface area contributed by atoms with E-state index >= 15 is 0 Å². The second-order valence-electron chi connectivity index (χ2n) is 5.64. The molecule has 1 amide bonds. The predicted octanol–water partition coefficient (Wildman–Crippen LogP) is 2.45. The van der Waals surface area contributed by atoms with Gasteiger partial charge in [-0.25, -0.2) is 4.39 Å². The fourth-order valence-electron chi connectivity index (χ4n) is 1.43. The molecule has 0 saturated heterocycles. The Kier molecular flexibility index (Phi) is 4.46. The Morgan fingerprint density at radius 2 is 2.06 bits per heavy atom. The van der Waals surface area contributed by atoms with Gasteiger partial charge in [0.1, 0.15) is 5.82 Å². The summed E-state index contributed by atoms with van der Waals surface area (Å²) in [5.41, 5.74) is 6.06. The van der Waals surface area contributed by atoms with E-state index < -0.39 is 5.91 Å². The van der Waals surface area contributed by atoms with Crippen LogP contribution in [0.5, 0.6) is 0 Å². The molecule has 0 aromatic heterocycles. The van der Waals surface area contributed by atoms with E-state index in [1.54, 1.807) is 0 Å². The van der Waals surface area contributed by atoms with Crippen LogP contribution in [0.4, 0.5) is 4.39 Å². The molecule has 0 spiro atoms. The molecule has 1 aromatic rings. The van der Waals surface area contributed by atoms with Crippen LogP contribution in [0.1, 0.15) is 43.6 Å². The second-order valence-corrected chi connectivity index (χ2v) is 5.64. The fourth-order valence-corrected chi connectivity index (χ4v) is 1.43. The number of carbonyl (C=O) groups excluding carboxylic acids is 1. The summed E-state index contributed by atoms with van der Waals surface area (Å²) in [5, 5.41) is 3.25. The van der Waals surface area contributed by atoms with Gasteiger partial charge in [-0.1, -0.05) is 20.8 Å². The number of hydrogen-bond donors (Lipinski definition) is 2. The van der Waals surface area contributed by atoms with Crippen LogP contribution in [-0.2, 0) is 6.54 Å². The summed E-state index contributed by atoms with van der Waals surface area (Å²) in [6.07, 6.45) is 0. The summed E-state index contributed by atoms with van der Waals surface area (Å²) in [4.78, 5) is 11.0. The molecule has 0 fully saturated rings. The van der Waals surface area contributed by atoms with Crippen LogP contribution in [0.2, 0.25) is 0 Å². The van der Waals surface area contributed by atoms with Crippen molar-refractivity contribution in [3.8, 4) is 0 Å². The van der Waals surface area contributed by atoms with Crippen LogP contribution < -0.4 is 11.1 Å². The normalized spacial score (nSPS) is 13.4. The molecular formula is C14H21FN2O. The van der Waals surface area contributed by atoms with Crippen LogP contribution in [0, 0.1) is 11.2 Å². The molecule has 0 radical (unpaired) electrons. The first-order valence-electron chi connectivity index (χ1n) is 6.03. The zero-order chi connectivity index (χ0) is 13.9. The molecule has 0 saturated carbocycles. The summed E-state index contributed by atoms with van der Waals surface area (Å²) in [6, 6.07) is 4.40. The number of nitrogens with one attached hydrogen (secondary N) is 1. The Hall–Kier alpha value is -1.42. The Morgan fingerprint density at radius 1 is 1.44 bits per heavy atom. The van der Waals surface area contributed by atoms with Crippen molar-refractivity contribution in [3.05, 3.63) is 35.1 Å². The zero-order valence-corrected chi connectivity index (χ0v) is 11.4. The summed E-state index contributed by atoms with van der Waals surface area (Å²) in [7, 11) is 0. The van der Waals surface area contributed by atoms with Crippen molar-refractivity contribution >= 4 is 5.91 Å². The largest absolute Gasteiger partial charge is 0.366 e. The van der Waals surface area contributed by atoms with E-state index in [0.29, 0.717) is 17.7 Å². The summed E-state index contributed by atoms with van der Waals surface area (Å²) in [5.74, 6) is -0.867. The summed E-state index contributed by atoms with van der Waals surface area (Å²) < 4.78 is 13.6. The van der Waals surface area contributed by atoms with E-state index in [1.165, 1.54) is 18.2 Å². The van der Waals surface area contributed by atoms with Crippen LogP contribution in [-0.4, -0.2) is 11.9 Å². The monoisotopic (exact) mass is 252 g/mol. The lowest BCUT2D eigenvalue weighted by molar-refractivity contribution is 0.1000. The maximum Gasteiger partial charge on any atom is 0.248 e. The highest BCUT2D eigenvalue weighted by molar-refractivity contribution is 5.92. The minimum atomic E-state index is -0.542. The number of benzene rings is 1. The molecule has 0 heterocycles. The van der Waals surface area contributed by atoms with Gasteiger partial charge in [0.2, 0.25) is 5.91 Å². The van der Waals surface area contributed by atoms with Crippen LogP contribution >= 0.6 is 0 Å². The highest BCUT2D eigenvalue weighted by atomic mass is 19.1. The van der Waals surface area contributed by atoms with Crippen molar-refractivity contribution < 1.29 is 9.18 Å². The minimum absolute atomic E-state index is 0.0950. The third-order valence-electron chi connectivity index (χ3n) is 3.23. The van der Waals surface area contributed by atoms with Gasteiger partial charge < -0.3 is 11.1 Å². The number of carbonyl (C=O) groups is 1. The van der Waals surface area contributed by atoms with Crippen molar-refractivity contribution in [2.75, 3.05) is 0 Å². The topological polar surface area (TPSA) is 55.1 Å². The average Bonchev–Trinajstić information content (AvgIpc) is 2.25. The van der Waals surface area contributed by atoms with E-state index in [-0.39, 0.29) is 17.3 Å². The molecular weight excluding hydrogens is 231 g/mol. The minimum Gasteiger partial charge on any atom is -0.366 e. The van der Waals surface area contributed by atoms with E-state index in [4.69, 9.17) is 5.73 Å². The Labute approximate surface area is 108 Å². The van der Waals surface area contributed by atoms with Gasteiger partial charge in [0.25, 0.3) is 0 Å². The van der Waals surface area contributed by atoms with Crippen LogP contribution in [0.3, 0.4) is 0 Å². The highest BCUT2D eigenvalue weighted by Gasteiger charge is 2.19. The molecule has 1 atom stereocenters. The first-order chi connectivity index (χ1) is 8.21. The molecule has 0 aliphatic rings. The smallest absolute Gasteiger partial charge is 0.248 e. The Balaban J connectivity index is 2.78. The molecule has 3 nitrogen and oxygen atoms in total. The molecule has 0 aliphatic carbocycles. The van der Waals surface area contributed by atoms with Gasteiger partial charge in [0.05, 0.1) is 0 Å². The lowest BCUT2D eigenvalue weighted by Crippen LogP contribution is -2.37. The fraction of sp³-hybridized carbons (Fsp3) is 0.500. The van der Waals surface area contributed by atoms with E-state index in [9.17, 15) is 9.18 Å². The average molecular weight is 252 g/mol. The molecule has 100 valence electrons. The number of halogens is 1. The molecule has 1 aromatic carbocycles. The van der Waals surface area contributed by atoms with Crippen molar-refractivity contribution in [1.82, 2.24) is 5.32 Å². The van der Waals surface area contributed by atoms with E-state index in [1.807, 2.05) is 0 Å². The molecule has 0 bridgehead atoms. The Morgan fingerprint density at radius 3 is 2.56 bits per heavy atom. The van der Waals surface area contributed by atoms with Gasteiger partial charge in [-0.05, 0) is 30.5 Å². The Bertz CT molecular complexity index is 438. The molecule has 1 rings (SSSR count). The molecule has 3 N–H and O–H groups in total. The van der Waals surface area contributed by atoms with Crippen LogP contribution in [0.25, 0.3) is 0 Å². The second kappa shape index (κ2) is 5.48. The van der Waals surface area contributed by atoms with Crippen molar-refractivity contribution in [2.24, 2.45) is 11.1 Å². The molecule has 4 heteroatoms. The molecule has 18 heavy (non-hydrogen) atoms. The van der Waals surface area contributed by atoms with Gasteiger partial charge in [0.15, 0.2) is 0 Å². The first-order valence-corrected chi connectivity index (χ1v) is 6.03. The summed E-state index contributed by atoms with van der Waals surface area (Å²) in [6.45, 7) is 8.77. The van der Waals surface area contributed by atoms with Gasteiger partial charge in [-0.2, -0.15) is 0 Å². The SMILES string of the molecule is CC(NCc1cc(C(N)=O)ccc1F)C(C)(C)C.